The molecule has 0 aliphatic heterocycles. The second kappa shape index (κ2) is 9.37. The molecular weight excluding hydrogens is 266 g/mol. The number of anilines is 1. The number of benzene rings is 1. The Labute approximate surface area is 127 Å². The minimum atomic E-state index is 0.0396. The molecule has 0 aliphatic carbocycles. The van der Waals surface area contributed by atoms with Gasteiger partial charge >= 0.3 is 0 Å². The number of nitrogens with one attached hydrogen (secondary N) is 2. The lowest BCUT2D eigenvalue weighted by Gasteiger charge is -2.20. The molecule has 0 bridgehead atoms. The van der Waals surface area contributed by atoms with E-state index in [0.29, 0.717) is 13.2 Å². The van der Waals surface area contributed by atoms with Crippen LogP contribution >= 0.6 is 0 Å². The van der Waals surface area contributed by atoms with Crippen molar-refractivity contribution in [1.29, 1.82) is 0 Å². The summed E-state index contributed by atoms with van der Waals surface area (Å²) >= 11 is 0. The van der Waals surface area contributed by atoms with Crippen LogP contribution in [-0.2, 0) is 16.1 Å². The molecule has 1 aromatic rings. The summed E-state index contributed by atoms with van der Waals surface area (Å²) in [5.74, 6) is 0.0396. The molecule has 0 atom stereocenters. The van der Waals surface area contributed by atoms with Crippen LogP contribution in [0, 0.1) is 0 Å². The summed E-state index contributed by atoms with van der Waals surface area (Å²) in [6.07, 6.45) is 0. The predicted molar refractivity (Wildman–Crippen MR) is 86.6 cm³/mol. The Morgan fingerprint density at radius 2 is 1.95 bits per heavy atom. The molecule has 1 amide bonds. The minimum absolute atomic E-state index is 0.0396. The molecule has 21 heavy (non-hydrogen) atoms. The molecule has 0 saturated carbocycles. The molecule has 0 aliphatic rings. The van der Waals surface area contributed by atoms with Crippen molar-refractivity contribution in [3.05, 3.63) is 29.8 Å². The third-order valence-electron chi connectivity index (χ3n) is 3.02. The molecule has 118 valence electrons. The van der Waals surface area contributed by atoms with E-state index >= 15 is 0 Å². The van der Waals surface area contributed by atoms with E-state index in [1.54, 1.807) is 7.11 Å². The molecule has 0 unspecified atom stereocenters. The third-order valence-corrected chi connectivity index (χ3v) is 3.02. The molecule has 0 radical (unpaired) electrons. The highest BCUT2D eigenvalue weighted by atomic mass is 16.5. The number of carbonyl (C=O) groups is 1. The molecule has 0 spiro atoms. The molecule has 1 rings (SSSR count). The van der Waals surface area contributed by atoms with Crippen molar-refractivity contribution in [3.63, 3.8) is 0 Å². The fraction of sp³-hybridized carbons (Fsp3) is 0.562. The van der Waals surface area contributed by atoms with Crippen LogP contribution in [0.2, 0.25) is 0 Å². The zero-order valence-electron chi connectivity index (χ0n) is 13.5. The van der Waals surface area contributed by atoms with Crippen molar-refractivity contribution >= 4 is 11.6 Å². The van der Waals surface area contributed by atoms with Crippen molar-refractivity contribution in [1.82, 2.24) is 10.6 Å². The third kappa shape index (κ3) is 7.11. The maximum atomic E-state index is 11.7. The molecule has 0 aromatic heterocycles. The topological polar surface area (TPSA) is 53.6 Å². The number of nitrogens with zero attached hydrogens (tertiary/aromatic N) is 1. The van der Waals surface area contributed by atoms with Crippen molar-refractivity contribution in [2.24, 2.45) is 0 Å². The van der Waals surface area contributed by atoms with Gasteiger partial charge in [0.05, 0.1) is 13.2 Å². The Hall–Kier alpha value is -1.59. The minimum Gasteiger partial charge on any atom is -0.383 e. The number of ether oxygens (including phenoxy) is 1. The van der Waals surface area contributed by atoms with Gasteiger partial charge in [0, 0.05) is 39.0 Å². The van der Waals surface area contributed by atoms with Crippen molar-refractivity contribution in [2.75, 3.05) is 38.8 Å². The number of methoxy groups -OCH3 is 1. The second-order valence-electron chi connectivity index (χ2n) is 5.41. The Kier molecular flexibility index (Phi) is 7.79. The summed E-state index contributed by atoms with van der Waals surface area (Å²) in [6, 6.07) is 8.40. The Morgan fingerprint density at radius 3 is 2.52 bits per heavy atom. The molecule has 0 fully saturated rings. The van der Waals surface area contributed by atoms with Gasteiger partial charge in [-0.1, -0.05) is 12.1 Å². The first kappa shape index (κ1) is 17.5. The number of hydrogen-bond acceptors (Lipinski definition) is 4. The van der Waals surface area contributed by atoms with Crippen molar-refractivity contribution < 1.29 is 9.53 Å². The summed E-state index contributed by atoms with van der Waals surface area (Å²) < 4.78 is 4.99. The summed E-state index contributed by atoms with van der Waals surface area (Å²) in [6.45, 7) is 6.66. The van der Waals surface area contributed by atoms with Crippen LogP contribution in [0.3, 0.4) is 0 Å². The van der Waals surface area contributed by atoms with Gasteiger partial charge in [-0.2, -0.15) is 0 Å². The highest BCUT2D eigenvalue weighted by Crippen LogP contribution is 2.13. The highest BCUT2D eigenvalue weighted by Gasteiger charge is 2.08. The number of rotatable bonds is 9. The van der Waals surface area contributed by atoms with Crippen LogP contribution in [-0.4, -0.2) is 45.8 Å². The van der Waals surface area contributed by atoms with E-state index in [9.17, 15) is 4.79 Å². The average Bonchev–Trinajstić information content (AvgIpc) is 2.43. The van der Waals surface area contributed by atoms with Crippen LogP contribution in [0.5, 0.6) is 0 Å². The molecule has 1 aromatic carbocycles. The predicted octanol–water partition coefficient (Wildman–Crippen LogP) is 1.38. The van der Waals surface area contributed by atoms with E-state index in [2.05, 4.69) is 22.8 Å². The van der Waals surface area contributed by atoms with Gasteiger partial charge in [-0.3, -0.25) is 4.79 Å². The van der Waals surface area contributed by atoms with E-state index in [1.165, 1.54) is 5.56 Å². The zero-order valence-corrected chi connectivity index (χ0v) is 13.5. The first-order valence-corrected chi connectivity index (χ1v) is 7.32. The van der Waals surface area contributed by atoms with Crippen molar-refractivity contribution in [2.45, 2.75) is 26.4 Å². The maximum Gasteiger partial charge on any atom is 0.239 e. The van der Waals surface area contributed by atoms with Gasteiger partial charge in [-0.05, 0) is 31.5 Å². The highest BCUT2D eigenvalue weighted by molar-refractivity contribution is 5.81. The Morgan fingerprint density at radius 1 is 1.29 bits per heavy atom. The summed E-state index contributed by atoms with van der Waals surface area (Å²) in [4.78, 5) is 13.7. The van der Waals surface area contributed by atoms with Gasteiger partial charge in [0.2, 0.25) is 5.91 Å². The maximum absolute atomic E-state index is 11.7. The fourth-order valence-corrected chi connectivity index (χ4v) is 1.95. The standard InChI is InChI=1S/C16H27N3O2/c1-13(2)18-16(20)12-19(3)15-7-5-14(6-8-15)11-17-9-10-21-4/h5-8,13,17H,9-12H2,1-4H3,(H,18,20). The van der Waals surface area contributed by atoms with Crippen LogP contribution in [0.1, 0.15) is 19.4 Å². The van der Waals surface area contributed by atoms with Crippen LogP contribution < -0.4 is 15.5 Å². The van der Waals surface area contributed by atoms with E-state index in [1.807, 2.05) is 37.9 Å². The van der Waals surface area contributed by atoms with E-state index in [4.69, 9.17) is 4.74 Å². The normalized spacial score (nSPS) is 10.7. The average molecular weight is 293 g/mol. The molecule has 2 N–H and O–H groups in total. The van der Waals surface area contributed by atoms with E-state index < -0.39 is 0 Å². The quantitative estimate of drug-likeness (QED) is 0.676. The van der Waals surface area contributed by atoms with Gasteiger partial charge in [-0.15, -0.1) is 0 Å². The summed E-state index contributed by atoms with van der Waals surface area (Å²) in [7, 11) is 3.62. The molecular formula is C16H27N3O2. The van der Waals surface area contributed by atoms with Crippen LogP contribution in [0.15, 0.2) is 24.3 Å². The summed E-state index contributed by atoms with van der Waals surface area (Å²) in [5, 5.41) is 6.19. The fourth-order valence-electron chi connectivity index (χ4n) is 1.95. The molecule has 5 heteroatoms. The first-order valence-electron chi connectivity index (χ1n) is 7.32. The summed E-state index contributed by atoms with van der Waals surface area (Å²) in [5.41, 5.74) is 2.25. The molecule has 5 nitrogen and oxygen atoms in total. The Balaban J connectivity index is 2.43. The van der Waals surface area contributed by atoms with E-state index in [0.717, 1.165) is 18.8 Å². The van der Waals surface area contributed by atoms with Crippen LogP contribution in [0.4, 0.5) is 5.69 Å². The van der Waals surface area contributed by atoms with Gasteiger partial charge in [0.15, 0.2) is 0 Å². The number of likely N-dealkylation sites (N-methyl/N-ethyl adjacent to an activating group) is 1. The number of amides is 1. The lowest BCUT2D eigenvalue weighted by molar-refractivity contribution is -0.120. The first-order chi connectivity index (χ1) is 10.0. The molecule has 0 heterocycles. The zero-order chi connectivity index (χ0) is 15.7. The van der Waals surface area contributed by atoms with Crippen molar-refractivity contribution in [3.8, 4) is 0 Å². The van der Waals surface area contributed by atoms with Gasteiger partial charge in [0.1, 0.15) is 0 Å². The lowest BCUT2D eigenvalue weighted by Crippen LogP contribution is -2.38. The largest absolute Gasteiger partial charge is 0.383 e. The van der Waals surface area contributed by atoms with E-state index in [-0.39, 0.29) is 11.9 Å². The van der Waals surface area contributed by atoms with Gasteiger partial charge in [0.25, 0.3) is 0 Å². The second-order valence-corrected chi connectivity index (χ2v) is 5.41. The lowest BCUT2D eigenvalue weighted by atomic mass is 10.2. The molecule has 0 saturated heterocycles. The van der Waals surface area contributed by atoms with Crippen LogP contribution in [0.25, 0.3) is 0 Å². The smallest absolute Gasteiger partial charge is 0.239 e. The SMILES string of the molecule is COCCNCc1ccc(N(C)CC(=O)NC(C)C)cc1. The Bertz CT molecular complexity index is 418. The number of carbonyl (C=O) groups excluding carboxylic acids is 1. The monoisotopic (exact) mass is 293 g/mol. The van der Waals surface area contributed by atoms with Gasteiger partial charge in [-0.25, -0.2) is 0 Å². The number of hydrogen-bond donors (Lipinski definition) is 2. The van der Waals surface area contributed by atoms with Gasteiger partial charge < -0.3 is 20.3 Å².